The van der Waals surface area contributed by atoms with Gasteiger partial charge in [0, 0.05) is 24.2 Å². The summed E-state index contributed by atoms with van der Waals surface area (Å²) in [6.45, 7) is 1.96. The number of carbonyl (C=O) groups is 1. The number of imidazole rings is 1. The third-order valence-corrected chi connectivity index (χ3v) is 3.47. The Labute approximate surface area is 134 Å². The fourth-order valence-corrected chi connectivity index (χ4v) is 2.19. The topological polar surface area (TPSA) is 83.6 Å². The molecule has 0 amide bonds. The van der Waals surface area contributed by atoms with E-state index in [1.807, 2.05) is 43.3 Å². The quantitative estimate of drug-likeness (QED) is 0.683. The molecule has 3 rings (SSSR count). The fourth-order valence-electron chi connectivity index (χ4n) is 2.19. The number of nitrogens with one attached hydrogen (secondary N) is 2. The molecule has 0 spiro atoms. The first-order valence-corrected chi connectivity index (χ1v) is 7.40. The van der Waals surface area contributed by atoms with Crippen LogP contribution in [0, 0.1) is 0 Å². The summed E-state index contributed by atoms with van der Waals surface area (Å²) in [5, 5.41) is 3.16. The van der Waals surface area contributed by atoms with Crippen LogP contribution in [0.3, 0.4) is 0 Å². The summed E-state index contributed by atoms with van der Waals surface area (Å²) in [5.41, 5.74) is 2.47. The number of para-hydroxylation sites is 1. The number of carbonyl (C=O) groups excluding carboxylic acids is 1. The van der Waals surface area contributed by atoms with E-state index in [2.05, 4.69) is 25.3 Å². The molecule has 0 radical (unpaired) electrons. The summed E-state index contributed by atoms with van der Waals surface area (Å²) in [4.78, 5) is 26.9. The fraction of sp³-hybridized carbons (Fsp3) is 0.176. The molecule has 0 aliphatic carbocycles. The van der Waals surface area contributed by atoms with Gasteiger partial charge in [0.15, 0.2) is 0 Å². The van der Waals surface area contributed by atoms with E-state index in [0.717, 1.165) is 29.2 Å². The zero-order chi connectivity index (χ0) is 16.1. The zero-order valence-corrected chi connectivity index (χ0v) is 12.7. The van der Waals surface area contributed by atoms with Crippen molar-refractivity contribution in [1.29, 1.82) is 0 Å². The molecular weight excluding hydrogens is 290 g/mol. The summed E-state index contributed by atoms with van der Waals surface area (Å²) >= 11 is 0. The lowest BCUT2D eigenvalue weighted by molar-refractivity contribution is -0.108. The molecule has 6 heteroatoms. The van der Waals surface area contributed by atoms with Crippen molar-refractivity contribution in [3.8, 4) is 11.4 Å². The van der Waals surface area contributed by atoms with Gasteiger partial charge in [-0.2, -0.15) is 0 Å². The third kappa shape index (κ3) is 3.60. The number of rotatable bonds is 6. The van der Waals surface area contributed by atoms with Crippen molar-refractivity contribution in [2.75, 3.05) is 5.32 Å². The molecule has 2 heterocycles. The van der Waals surface area contributed by atoms with Crippen LogP contribution in [0.25, 0.3) is 11.4 Å². The van der Waals surface area contributed by atoms with Gasteiger partial charge in [0.05, 0.1) is 17.6 Å². The monoisotopic (exact) mass is 307 g/mol. The Morgan fingerprint density at radius 1 is 1.22 bits per heavy atom. The second-order valence-electron chi connectivity index (χ2n) is 5.24. The van der Waals surface area contributed by atoms with Crippen LogP contribution in [-0.2, 0) is 4.79 Å². The molecule has 0 saturated carbocycles. The number of benzene rings is 1. The van der Waals surface area contributed by atoms with Crippen LogP contribution >= 0.6 is 0 Å². The van der Waals surface area contributed by atoms with Crippen molar-refractivity contribution in [1.82, 2.24) is 19.9 Å². The minimum absolute atomic E-state index is 0.0602. The number of nitrogens with zero attached hydrogens (tertiary/aromatic N) is 3. The van der Waals surface area contributed by atoms with E-state index in [9.17, 15) is 4.79 Å². The largest absolute Gasteiger partial charge is 0.340 e. The van der Waals surface area contributed by atoms with Crippen LogP contribution in [0.1, 0.15) is 25.1 Å². The first-order valence-electron chi connectivity index (χ1n) is 7.40. The van der Waals surface area contributed by atoms with Gasteiger partial charge in [-0.3, -0.25) is 0 Å². The lowest BCUT2D eigenvalue weighted by Gasteiger charge is -2.06. The summed E-state index contributed by atoms with van der Waals surface area (Å²) in [5.74, 6) is 1.36. The molecule has 23 heavy (non-hydrogen) atoms. The first kappa shape index (κ1) is 14.9. The smallest absolute Gasteiger partial charge is 0.227 e. The Bertz CT molecular complexity index is 784. The maximum atomic E-state index is 10.6. The maximum Gasteiger partial charge on any atom is 0.227 e. The van der Waals surface area contributed by atoms with Gasteiger partial charge in [0.2, 0.25) is 5.95 Å². The number of hydrogen-bond donors (Lipinski definition) is 2. The second-order valence-corrected chi connectivity index (χ2v) is 5.24. The normalized spacial score (nSPS) is 11.9. The van der Waals surface area contributed by atoms with E-state index in [1.54, 1.807) is 12.4 Å². The van der Waals surface area contributed by atoms with Gasteiger partial charge in [0.25, 0.3) is 0 Å². The highest BCUT2D eigenvalue weighted by molar-refractivity contribution is 5.58. The van der Waals surface area contributed by atoms with Crippen molar-refractivity contribution in [3.05, 3.63) is 54.6 Å². The number of aromatic amines is 1. The van der Waals surface area contributed by atoms with Gasteiger partial charge in [-0.25, -0.2) is 15.0 Å². The van der Waals surface area contributed by atoms with E-state index >= 15 is 0 Å². The lowest BCUT2D eigenvalue weighted by atomic mass is 10.1. The first-order chi connectivity index (χ1) is 11.3. The Balaban J connectivity index is 1.81. The zero-order valence-electron chi connectivity index (χ0n) is 12.7. The predicted molar refractivity (Wildman–Crippen MR) is 88.4 cm³/mol. The average Bonchev–Trinajstić information content (AvgIpc) is 3.06. The highest BCUT2D eigenvalue weighted by Crippen LogP contribution is 2.21. The summed E-state index contributed by atoms with van der Waals surface area (Å²) in [6.07, 6.45) is 4.77. The molecule has 2 aromatic heterocycles. The van der Waals surface area contributed by atoms with Crippen LogP contribution in [0.15, 0.2) is 48.8 Å². The number of anilines is 2. The maximum absolute atomic E-state index is 10.6. The van der Waals surface area contributed by atoms with Crippen molar-refractivity contribution in [2.45, 2.75) is 19.3 Å². The van der Waals surface area contributed by atoms with Gasteiger partial charge >= 0.3 is 0 Å². The summed E-state index contributed by atoms with van der Waals surface area (Å²) in [7, 11) is 0. The van der Waals surface area contributed by atoms with Crippen molar-refractivity contribution >= 4 is 17.9 Å². The summed E-state index contributed by atoms with van der Waals surface area (Å²) < 4.78 is 0. The second kappa shape index (κ2) is 6.83. The third-order valence-electron chi connectivity index (χ3n) is 3.47. The molecular formula is C17H17N5O. The Morgan fingerprint density at radius 3 is 2.83 bits per heavy atom. The average molecular weight is 307 g/mol. The van der Waals surface area contributed by atoms with E-state index in [4.69, 9.17) is 0 Å². The van der Waals surface area contributed by atoms with Crippen molar-refractivity contribution in [3.63, 3.8) is 0 Å². The Morgan fingerprint density at radius 2 is 2.04 bits per heavy atom. The molecule has 0 bridgehead atoms. The summed E-state index contributed by atoms with van der Waals surface area (Å²) in [6, 6.07) is 11.6. The highest BCUT2D eigenvalue weighted by Gasteiger charge is 2.11. The minimum atomic E-state index is 0.0602. The number of aromatic nitrogens is 4. The molecule has 1 aromatic carbocycles. The molecule has 0 saturated heterocycles. The number of H-pyrrole nitrogens is 1. The molecule has 0 fully saturated rings. The van der Waals surface area contributed by atoms with E-state index in [1.165, 1.54) is 0 Å². The van der Waals surface area contributed by atoms with E-state index in [0.29, 0.717) is 12.4 Å². The van der Waals surface area contributed by atoms with Crippen LogP contribution in [0.4, 0.5) is 11.6 Å². The predicted octanol–water partition coefficient (Wildman–Crippen LogP) is 3.30. The molecule has 1 unspecified atom stereocenters. The van der Waals surface area contributed by atoms with Gasteiger partial charge in [-0.1, -0.05) is 25.1 Å². The molecule has 0 aliphatic rings. The van der Waals surface area contributed by atoms with Crippen LogP contribution in [-0.4, -0.2) is 26.2 Å². The van der Waals surface area contributed by atoms with Gasteiger partial charge in [-0.15, -0.1) is 0 Å². The standard InChI is InChI=1S/C17H17N5O/c1-12(8-10-23)16-19-11-15(21-16)14-7-9-18-17(22-14)20-13-5-3-2-4-6-13/h2-7,9-12H,8H2,1H3,(H,19,21)(H,18,20,22). The highest BCUT2D eigenvalue weighted by atomic mass is 16.1. The lowest BCUT2D eigenvalue weighted by Crippen LogP contribution is -1.98. The molecule has 1 atom stereocenters. The molecule has 116 valence electrons. The molecule has 0 aliphatic heterocycles. The molecule has 6 nitrogen and oxygen atoms in total. The van der Waals surface area contributed by atoms with Gasteiger partial charge < -0.3 is 15.1 Å². The Kier molecular flexibility index (Phi) is 4.42. The SMILES string of the molecule is CC(CC=O)c1ncc(-c2ccnc(Nc3ccccc3)n2)[nH]1. The van der Waals surface area contributed by atoms with E-state index < -0.39 is 0 Å². The van der Waals surface area contributed by atoms with Crippen LogP contribution < -0.4 is 5.32 Å². The van der Waals surface area contributed by atoms with E-state index in [-0.39, 0.29) is 5.92 Å². The number of hydrogen-bond acceptors (Lipinski definition) is 5. The molecule has 2 N–H and O–H groups in total. The van der Waals surface area contributed by atoms with Gasteiger partial charge in [-0.05, 0) is 18.2 Å². The molecule has 3 aromatic rings. The van der Waals surface area contributed by atoms with Crippen LogP contribution in [0.2, 0.25) is 0 Å². The minimum Gasteiger partial charge on any atom is -0.340 e. The van der Waals surface area contributed by atoms with Crippen molar-refractivity contribution in [2.24, 2.45) is 0 Å². The van der Waals surface area contributed by atoms with Crippen molar-refractivity contribution < 1.29 is 4.79 Å². The number of aldehydes is 1. The van der Waals surface area contributed by atoms with Gasteiger partial charge in [0.1, 0.15) is 12.1 Å². The van der Waals surface area contributed by atoms with Crippen LogP contribution in [0.5, 0.6) is 0 Å². The Hall–Kier alpha value is -3.02.